The van der Waals surface area contributed by atoms with Crippen LogP contribution in [0.1, 0.15) is 22.8 Å². The maximum Gasteiger partial charge on any atom is 0.338 e. The van der Waals surface area contributed by atoms with Gasteiger partial charge in [-0.1, -0.05) is 36.4 Å². The zero-order valence-electron chi connectivity index (χ0n) is 15.1. The van der Waals surface area contributed by atoms with E-state index in [4.69, 9.17) is 9.47 Å². The molecule has 3 rings (SSSR count). The van der Waals surface area contributed by atoms with E-state index in [1.807, 2.05) is 36.4 Å². The van der Waals surface area contributed by atoms with Gasteiger partial charge in [0.15, 0.2) is 0 Å². The third kappa shape index (κ3) is 4.58. The monoisotopic (exact) mass is 360 g/mol. The third-order valence-electron chi connectivity index (χ3n) is 3.86. The second-order valence-corrected chi connectivity index (χ2v) is 5.76. The van der Waals surface area contributed by atoms with Gasteiger partial charge in [-0.25, -0.2) is 4.79 Å². The summed E-state index contributed by atoms with van der Waals surface area (Å²) in [6.07, 6.45) is 2.30. The molecule has 0 N–H and O–H groups in total. The van der Waals surface area contributed by atoms with Gasteiger partial charge >= 0.3 is 5.97 Å². The lowest BCUT2D eigenvalue weighted by Gasteiger charge is -2.11. The number of nitrogens with zero attached hydrogens (tertiary/aromatic N) is 2. The zero-order valence-corrected chi connectivity index (χ0v) is 15.1. The maximum absolute atomic E-state index is 11.9. The number of hydrogen-bond acceptors (Lipinski definition) is 5. The molecule has 3 aromatic rings. The van der Waals surface area contributed by atoms with Crippen LogP contribution in [0.25, 0.3) is 11.3 Å². The van der Waals surface area contributed by atoms with E-state index in [9.17, 15) is 4.79 Å². The molecule has 0 spiro atoms. The molecule has 5 heteroatoms. The number of hydrogen-bond donors (Lipinski definition) is 0. The number of aromatic nitrogens is 2. The van der Waals surface area contributed by atoms with Crippen LogP contribution in [0.5, 0.6) is 11.6 Å². The lowest BCUT2D eigenvalue weighted by atomic mass is 10.1. The highest BCUT2D eigenvalue weighted by atomic mass is 16.5. The molecule has 1 aromatic heterocycles. The smallest absolute Gasteiger partial charge is 0.338 e. The van der Waals surface area contributed by atoms with Crippen LogP contribution in [0, 0.1) is 0 Å². The molecule has 0 bridgehead atoms. The number of carbonyl (C=O) groups is 1. The van der Waals surface area contributed by atoms with Gasteiger partial charge in [0, 0.05) is 11.6 Å². The zero-order chi connectivity index (χ0) is 19.1. The summed E-state index contributed by atoms with van der Waals surface area (Å²) in [6.45, 7) is 5.87. The van der Waals surface area contributed by atoms with E-state index < -0.39 is 0 Å². The van der Waals surface area contributed by atoms with Gasteiger partial charge in [-0.3, -0.25) is 0 Å². The lowest BCUT2D eigenvalue weighted by molar-refractivity contribution is 0.0526. The molecule has 0 aliphatic heterocycles. The first-order valence-corrected chi connectivity index (χ1v) is 8.69. The van der Waals surface area contributed by atoms with Crippen LogP contribution in [-0.4, -0.2) is 22.8 Å². The van der Waals surface area contributed by atoms with E-state index in [-0.39, 0.29) is 5.97 Å². The predicted octanol–water partition coefficient (Wildman–Crippen LogP) is 4.84. The van der Waals surface area contributed by atoms with Crippen molar-refractivity contribution in [3.05, 3.63) is 84.4 Å². The Hall–Kier alpha value is -3.47. The molecule has 0 aliphatic rings. The summed E-state index contributed by atoms with van der Waals surface area (Å²) in [7, 11) is 0. The normalized spacial score (nSPS) is 10.3. The summed E-state index contributed by atoms with van der Waals surface area (Å²) < 4.78 is 10.9. The molecular weight excluding hydrogens is 340 g/mol. The van der Waals surface area contributed by atoms with Gasteiger partial charge < -0.3 is 9.47 Å². The first-order chi connectivity index (χ1) is 13.2. The molecule has 0 saturated carbocycles. The first-order valence-electron chi connectivity index (χ1n) is 8.69. The van der Waals surface area contributed by atoms with Crippen LogP contribution < -0.4 is 4.74 Å². The second kappa shape index (κ2) is 8.76. The Morgan fingerprint density at radius 1 is 1.07 bits per heavy atom. The quantitative estimate of drug-likeness (QED) is 0.446. The number of benzene rings is 2. The average Bonchev–Trinajstić information content (AvgIpc) is 2.71. The van der Waals surface area contributed by atoms with E-state index >= 15 is 0 Å². The van der Waals surface area contributed by atoms with Crippen molar-refractivity contribution >= 4 is 5.97 Å². The summed E-state index contributed by atoms with van der Waals surface area (Å²) >= 11 is 0. The molecule has 136 valence electrons. The molecule has 5 nitrogen and oxygen atoms in total. The number of rotatable bonds is 7. The van der Waals surface area contributed by atoms with Gasteiger partial charge in [0.25, 0.3) is 0 Å². The first kappa shape index (κ1) is 18.3. The van der Waals surface area contributed by atoms with Crippen molar-refractivity contribution < 1.29 is 14.3 Å². The van der Waals surface area contributed by atoms with Crippen LogP contribution in [0.3, 0.4) is 0 Å². The van der Waals surface area contributed by atoms with Gasteiger partial charge in [-0.05, 0) is 43.2 Å². The van der Waals surface area contributed by atoms with E-state index in [0.717, 1.165) is 16.8 Å². The van der Waals surface area contributed by atoms with E-state index in [2.05, 4.69) is 16.8 Å². The summed E-state index contributed by atoms with van der Waals surface area (Å²) in [5.74, 6) is 0.620. The minimum Gasteiger partial charge on any atom is -0.462 e. The van der Waals surface area contributed by atoms with E-state index in [1.54, 1.807) is 37.3 Å². The molecule has 2 aromatic carbocycles. The minimum atomic E-state index is -0.360. The third-order valence-corrected chi connectivity index (χ3v) is 3.86. The molecule has 1 heterocycles. The number of ether oxygens (including phenoxy) is 2. The van der Waals surface area contributed by atoms with Crippen molar-refractivity contribution in [3.63, 3.8) is 0 Å². The summed E-state index contributed by atoms with van der Waals surface area (Å²) in [5, 5.41) is 8.37. The Labute approximate surface area is 158 Å². The highest BCUT2D eigenvalue weighted by molar-refractivity contribution is 5.89. The van der Waals surface area contributed by atoms with Gasteiger partial charge in [-0.15, -0.1) is 16.8 Å². The van der Waals surface area contributed by atoms with E-state index in [0.29, 0.717) is 30.2 Å². The van der Waals surface area contributed by atoms with Crippen molar-refractivity contribution in [2.24, 2.45) is 0 Å². The molecule has 0 unspecified atom stereocenters. The minimum absolute atomic E-state index is 0.331. The van der Waals surface area contributed by atoms with Crippen LogP contribution in [0.15, 0.2) is 73.3 Å². The van der Waals surface area contributed by atoms with Crippen molar-refractivity contribution in [2.75, 3.05) is 6.61 Å². The molecule has 0 aliphatic carbocycles. The van der Waals surface area contributed by atoms with Crippen LogP contribution in [0.4, 0.5) is 0 Å². The molecule has 0 saturated heterocycles. The van der Waals surface area contributed by atoms with Gasteiger partial charge in [0.1, 0.15) is 5.75 Å². The van der Waals surface area contributed by atoms with E-state index in [1.165, 1.54) is 0 Å². The highest BCUT2D eigenvalue weighted by Gasteiger charge is 2.12. The lowest BCUT2D eigenvalue weighted by Crippen LogP contribution is -2.05. The Kier molecular flexibility index (Phi) is 5.94. The van der Waals surface area contributed by atoms with Gasteiger partial charge in [-0.2, -0.15) is 0 Å². The fourth-order valence-electron chi connectivity index (χ4n) is 2.59. The molecule has 0 atom stereocenters. The Morgan fingerprint density at radius 3 is 2.56 bits per heavy atom. The molecule has 0 radical (unpaired) electrons. The predicted molar refractivity (Wildman–Crippen MR) is 104 cm³/mol. The largest absolute Gasteiger partial charge is 0.462 e. The van der Waals surface area contributed by atoms with Crippen LogP contribution in [0.2, 0.25) is 0 Å². The summed E-state index contributed by atoms with van der Waals surface area (Å²) in [4.78, 5) is 11.9. The summed E-state index contributed by atoms with van der Waals surface area (Å²) in [6, 6.07) is 18.6. The molecule has 0 amide bonds. The van der Waals surface area contributed by atoms with Gasteiger partial charge in [0.2, 0.25) is 5.88 Å². The fourth-order valence-corrected chi connectivity index (χ4v) is 2.59. The Bertz CT molecular complexity index is 922. The molecular formula is C22H20N2O3. The van der Waals surface area contributed by atoms with Gasteiger partial charge in [0.05, 0.1) is 17.9 Å². The van der Waals surface area contributed by atoms with Crippen molar-refractivity contribution in [1.29, 1.82) is 0 Å². The summed E-state index contributed by atoms with van der Waals surface area (Å²) in [5.41, 5.74) is 3.06. The highest BCUT2D eigenvalue weighted by Crippen LogP contribution is 2.27. The topological polar surface area (TPSA) is 61.3 Å². The number of esters is 1. The second-order valence-electron chi connectivity index (χ2n) is 5.76. The maximum atomic E-state index is 11.9. The van der Waals surface area contributed by atoms with Crippen molar-refractivity contribution in [1.82, 2.24) is 10.2 Å². The number of carbonyl (C=O) groups excluding carboxylic acids is 1. The van der Waals surface area contributed by atoms with Crippen molar-refractivity contribution in [2.45, 2.75) is 13.3 Å². The SMILES string of the molecule is C=CCc1cc(C(=O)OCC)ccc1Oc1ccc(-c2ccccc2)nn1. The van der Waals surface area contributed by atoms with Crippen LogP contribution in [-0.2, 0) is 11.2 Å². The Morgan fingerprint density at radius 2 is 1.89 bits per heavy atom. The molecule has 27 heavy (non-hydrogen) atoms. The van der Waals surface area contributed by atoms with Crippen LogP contribution >= 0.6 is 0 Å². The number of allylic oxidation sites excluding steroid dienone is 1. The van der Waals surface area contributed by atoms with Crippen molar-refractivity contribution in [3.8, 4) is 22.9 Å². The Balaban J connectivity index is 1.82. The standard InChI is InChI=1S/C22H20N2O3/c1-3-8-17-15-18(22(25)26-4-2)11-13-20(17)27-21-14-12-19(23-24-21)16-9-6-5-7-10-16/h3,5-7,9-15H,1,4,8H2,2H3. The average molecular weight is 360 g/mol. The molecule has 0 fully saturated rings. The fraction of sp³-hybridized carbons (Fsp3) is 0.136.